The predicted molar refractivity (Wildman–Crippen MR) is 165 cm³/mol. The van der Waals surface area contributed by atoms with E-state index in [2.05, 4.69) is 44.1 Å². The van der Waals surface area contributed by atoms with Crippen molar-refractivity contribution >= 4 is 33.2 Å². The molecule has 224 valence electrons. The van der Waals surface area contributed by atoms with Crippen molar-refractivity contribution in [2.45, 2.75) is 55.6 Å². The van der Waals surface area contributed by atoms with E-state index in [1.807, 2.05) is 0 Å². The van der Waals surface area contributed by atoms with Gasteiger partial charge in [-0.25, -0.2) is 17.8 Å². The summed E-state index contributed by atoms with van der Waals surface area (Å²) in [5, 5.41) is 9.87. The molecule has 3 N–H and O–H groups in total. The molecule has 0 bridgehead atoms. The lowest BCUT2D eigenvalue weighted by atomic mass is 9.91. The molecule has 1 aliphatic heterocycles. The van der Waals surface area contributed by atoms with Crippen LogP contribution >= 0.6 is 0 Å². The molecule has 3 aromatic carbocycles. The Morgan fingerprint density at radius 2 is 1.65 bits per heavy atom. The predicted octanol–water partition coefficient (Wildman–Crippen LogP) is 5.76. The van der Waals surface area contributed by atoms with Gasteiger partial charge in [0, 0.05) is 49.7 Å². The van der Waals surface area contributed by atoms with E-state index in [0.717, 1.165) is 51.0 Å². The summed E-state index contributed by atoms with van der Waals surface area (Å²) in [5.41, 5.74) is 3.88. The standard InChI is InChI=1S/C32H35FN6O3S/c1-39(28-11-7-25(8-12-28)35-21-22-2-15-30-23(20-22)17-19-42-30)43(40,41)29-13-9-27(10-14-29)37-32-34-18-16-31(38-32)36-26-5-3-24(33)4-6-26/h2-6,9-10,13-16,18,20,25,28,35H,7-8,11-12,17,19,21H2,1H3,(H2,34,36,37,38). The molecule has 0 unspecified atom stereocenters. The van der Waals surface area contributed by atoms with E-state index in [1.54, 1.807) is 55.7 Å². The first-order valence-electron chi connectivity index (χ1n) is 14.5. The van der Waals surface area contributed by atoms with E-state index in [-0.39, 0.29) is 16.8 Å². The number of nitrogens with one attached hydrogen (secondary N) is 3. The maximum Gasteiger partial charge on any atom is 0.243 e. The van der Waals surface area contributed by atoms with Gasteiger partial charge in [0.2, 0.25) is 16.0 Å². The number of halogens is 1. The zero-order valence-electron chi connectivity index (χ0n) is 24.0. The molecular weight excluding hydrogens is 567 g/mol. The Kier molecular flexibility index (Phi) is 8.55. The number of fused-ring (bicyclic) bond motifs is 1. The second-order valence-corrected chi connectivity index (χ2v) is 13.0. The molecule has 0 atom stereocenters. The highest BCUT2D eigenvalue weighted by atomic mass is 32.2. The minimum absolute atomic E-state index is 0.0391. The Balaban J connectivity index is 1.01. The van der Waals surface area contributed by atoms with Crippen molar-refractivity contribution in [3.05, 3.63) is 95.9 Å². The highest BCUT2D eigenvalue weighted by molar-refractivity contribution is 7.89. The van der Waals surface area contributed by atoms with Crippen molar-refractivity contribution in [1.29, 1.82) is 0 Å². The first kappa shape index (κ1) is 29.0. The number of sulfonamides is 1. The van der Waals surface area contributed by atoms with E-state index in [4.69, 9.17) is 4.74 Å². The minimum Gasteiger partial charge on any atom is -0.493 e. The Hall–Kier alpha value is -4.06. The molecule has 2 aliphatic rings. The molecule has 11 heteroatoms. The maximum absolute atomic E-state index is 13.4. The molecule has 43 heavy (non-hydrogen) atoms. The molecule has 0 spiro atoms. The number of hydrogen-bond acceptors (Lipinski definition) is 8. The van der Waals surface area contributed by atoms with Gasteiger partial charge in [-0.15, -0.1) is 0 Å². The second kappa shape index (κ2) is 12.7. The third-order valence-electron chi connectivity index (χ3n) is 8.12. The smallest absolute Gasteiger partial charge is 0.243 e. The van der Waals surface area contributed by atoms with Crippen molar-refractivity contribution in [2.75, 3.05) is 24.3 Å². The van der Waals surface area contributed by atoms with Crippen LogP contribution in [0.15, 0.2) is 83.9 Å². The fourth-order valence-electron chi connectivity index (χ4n) is 5.63. The zero-order valence-corrected chi connectivity index (χ0v) is 24.8. The van der Waals surface area contributed by atoms with Crippen molar-refractivity contribution in [1.82, 2.24) is 19.6 Å². The van der Waals surface area contributed by atoms with Crippen LogP contribution in [-0.4, -0.2) is 48.4 Å². The molecule has 0 amide bonds. The van der Waals surface area contributed by atoms with Gasteiger partial charge in [-0.1, -0.05) is 12.1 Å². The number of aromatic nitrogens is 2. The van der Waals surface area contributed by atoms with Gasteiger partial charge in [0.25, 0.3) is 0 Å². The molecule has 1 aliphatic carbocycles. The number of ether oxygens (including phenoxy) is 1. The third kappa shape index (κ3) is 6.96. The van der Waals surface area contributed by atoms with Crippen LogP contribution in [0.25, 0.3) is 0 Å². The van der Waals surface area contributed by atoms with Gasteiger partial charge in [0.05, 0.1) is 11.5 Å². The molecular formula is C32H35FN6O3S. The fraction of sp³-hybridized carbons (Fsp3) is 0.312. The number of hydrogen-bond donors (Lipinski definition) is 3. The average Bonchev–Trinajstić information content (AvgIpc) is 3.50. The summed E-state index contributed by atoms with van der Waals surface area (Å²) in [6.07, 6.45) is 6.04. The molecule has 1 fully saturated rings. The number of rotatable bonds is 10. The third-order valence-corrected chi connectivity index (χ3v) is 10.0. The lowest BCUT2D eigenvalue weighted by Gasteiger charge is -2.34. The van der Waals surface area contributed by atoms with Crippen molar-refractivity contribution in [2.24, 2.45) is 0 Å². The maximum atomic E-state index is 13.4. The van der Waals surface area contributed by atoms with Crippen molar-refractivity contribution < 1.29 is 17.5 Å². The molecule has 1 aromatic heterocycles. The Labute approximate surface area is 251 Å². The molecule has 4 aromatic rings. The fourth-order valence-corrected chi connectivity index (χ4v) is 7.04. The minimum atomic E-state index is -3.65. The summed E-state index contributed by atoms with van der Waals surface area (Å²) in [6, 6.07) is 21.0. The van der Waals surface area contributed by atoms with Gasteiger partial charge in [0.1, 0.15) is 17.4 Å². The van der Waals surface area contributed by atoms with Crippen molar-refractivity contribution in [3.63, 3.8) is 0 Å². The lowest BCUT2D eigenvalue weighted by Crippen LogP contribution is -2.43. The van der Waals surface area contributed by atoms with Crippen LogP contribution < -0.4 is 20.7 Å². The molecule has 0 saturated heterocycles. The van der Waals surface area contributed by atoms with Gasteiger partial charge in [-0.3, -0.25) is 0 Å². The Morgan fingerprint density at radius 3 is 2.42 bits per heavy atom. The molecule has 6 rings (SSSR count). The number of anilines is 4. The van der Waals surface area contributed by atoms with Crippen LogP contribution in [0.3, 0.4) is 0 Å². The topological polar surface area (TPSA) is 108 Å². The summed E-state index contributed by atoms with van der Waals surface area (Å²) < 4.78 is 47.2. The molecule has 2 heterocycles. The Bertz CT molecular complexity index is 1660. The van der Waals surface area contributed by atoms with E-state index in [1.165, 1.54) is 27.6 Å². The molecule has 9 nitrogen and oxygen atoms in total. The highest BCUT2D eigenvalue weighted by Gasteiger charge is 2.31. The first-order chi connectivity index (χ1) is 20.8. The number of nitrogens with zero attached hydrogens (tertiary/aromatic N) is 3. The van der Waals surface area contributed by atoms with E-state index in [0.29, 0.717) is 29.2 Å². The largest absolute Gasteiger partial charge is 0.493 e. The van der Waals surface area contributed by atoms with Crippen LogP contribution in [0, 0.1) is 5.82 Å². The zero-order chi connectivity index (χ0) is 29.8. The summed E-state index contributed by atoms with van der Waals surface area (Å²) in [6.45, 7) is 1.56. The van der Waals surface area contributed by atoms with Crippen LogP contribution in [0.2, 0.25) is 0 Å². The highest BCUT2D eigenvalue weighted by Crippen LogP contribution is 2.29. The van der Waals surface area contributed by atoms with Crippen LogP contribution in [0.5, 0.6) is 5.75 Å². The van der Waals surface area contributed by atoms with Crippen LogP contribution in [0.1, 0.15) is 36.8 Å². The monoisotopic (exact) mass is 602 g/mol. The molecule has 1 saturated carbocycles. The Morgan fingerprint density at radius 1 is 0.930 bits per heavy atom. The average molecular weight is 603 g/mol. The van der Waals surface area contributed by atoms with Gasteiger partial charge < -0.3 is 20.7 Å². The van der Waals surface area contributed by atoms with E-state index in [9.17, 15) is 12.8 Å². The molecule has 0 radical (unpaired) electrons. The van der Waals surface area contributed by atoms with Crippen molar-refractivity contribution in [3.8, 4) is 5.75 Å². The van der Waals surface area contributed by atoms with Crippen LogP contribution in [-0.2, 0) is 23.0 Å². The summed E-state index contributed by atoms with van der Waals surface area (Å²) >= 11 is 0. The number of benzene rings is 3. The first-order valence-corrected chi connectivity index (χ1v) is 16.0. The van der Waals surface area contributed by atoms with E-state index >= 15 is 0 Å². The SMILES string of the molecule is CN(C1CCC(NCc2ccc3c(c2)CCO3)CC1)S(=O)(=O)c1ccc(Nc2nccc(Nc3ccc(F)cc3)n2)cc1. The normalized spacial score (nSPS) is 18.2. The van der Waals surface area contributed by atoms with Crippen LogP contribution in [0.4, 0.5) is 27.5 Å². The van der Waals surface area contributed by atoms with Gasteiger partial charge >= 0.3 is 0 Å². The lowest BCUT2D eigenvalue weighted by molar-refractivity contribution is 0.248. The summed E-state index contributed by atoms with van der Waals surface area (Å²) in [7, 11) is -1.97. The second-order valence-electron chi connectivity index (χ2n) is 11.0. The van der Waals surface area contributed by atoms with Gasteiger partial charge in [-0.2, -0.15) is 9.29 Å². The van der Waals surface area contributed by atoms with Gasteiger partial charge in [0.15, 0.2) is 0 Å². The van der Waals surface area contributed by atoms with E-state index < -0.39 is 10.0 Å². The quantitative estimate of drug-likeness (QED) is 0.210. The summed E-state index contributed by atoms with van der Waals surface area (Å²) in [5.74, 6) is 1.56. The van der Waals surface area contributed by atoms with Gasteiger partial charge in [-0.05, 0) is 97.5 Å². The summed E-state index contributed by atoms with van der Waals surface area (Å²) in [4.78, 5) is 8.92.